The van der Waals surface area contributed by atoms with Crippen molar-refractivity contribution in [2.75, 3.05) is 44.2 Å². The molecule has 9 nitrogen and oxygen atoms in total. The quantitative estimate of drug-likeness (QED) is 0.429. The predicted molar refractivity (Wildman–Crippen MR) is 165 cm³/mol. The van der Waals surface area contributed by atoms with Crippen molar-refractivity contribution >= 4 is 39.5 Å². The second-order valence-corrected chi connectivity index (χ2v) is 13.1. The van der Waals surface area contributed by atoms with Crippen molar-refractivity contribution in [2.24, 2.45) is 5.92 Å². The average molecular weight is 642 g/mol. The fraction of sp³-hybridized carbons (Fsp3) is 0.531. The molecule has 2 saturated heterocycles. The maximum Gasteiger partial charge on any atom is 0.407 e. The molecule has 5 rings (SSSR count). The minimum Gasteiger partial charge on any atom is -0.478 e. The van der Waals surface area contributed by atoms with Crippen LogP contribution in [0.5, 0.6) is 5.75 Å². The number of carboxylic acid groups (broad SMARTS) is 1. The summed E-state index contributed by atoms with van der Waals surface area (Å²) in [6, 6.07) is 14.4. The lowest BCUT2D eigenvalue weighted by molar-refractivity contribution is -0.147. The van der Waals surface area contributed by atoms with E-state index in [0.717, 1.165) is 42.4 Å². The van der Waals surface area contributed by atoms with Gasteiger partial charge in [0.05, 0.1) is 5.92 Å². The fourth-order valence-electron chi connectivity index (χ4n) is 6.00. The first-order valence-electron chi connectivity index (χ1n) is 14.9. The van der Waals surface area contributed by atoms with Crippen LogP contribution in [0.25, 0.3) is 0 Å². The number of hydrogen-bond donors (Lipinski definition) is 1. The van der Waals surface area contributed by atoms with E-state index in [1.54, 1.807) is 18.7 Å². The predicted octanol–water partition coefficient (Wildman–Crippen LogP) is 5.14. The number of piperidine rings is 1. The highest BCUT2D eigenvalue weighted by atomic mass is 79.9. The molecule has 1 atom stereocenters. The van der Waals surface area contributed by atoms with Crippen molar-refractivity contribution in [3.63, 3.8) is 0 Å². The van der Waals surface area contributed by atoms with Crippen LogP contribution in [-0.2, 0) is 16.1 Å². The topological polar surface area (TPSA) is 93.6 Å². The molecule has 0 aromatic heterocycles. The molecule has 3 fully saturated rings. The molecule has 42 heavy (non-hydrogen) atoms. The van der Waals surface area contributed by atoms with Crippen molar-refractivity contribution in [3.05, 3.63) is 58.1 Å². The van der Waals surface area contributed by atoms with E-state index in [2.05, 4.69) is 44.8 Å². The number of piperazine rings is 1. The first kappa shape index (κ1) is 30.2. The van der Waals surface area contributed by atoms with Crippen molar-refractivity contribution in [3.8, 4) is 5.75 Å². The van der Waals surface area contributed by atoms with Crippen molar-refractivity contribution in [2.45, 2.75) is 64.6 Å². The Morgan fingerprint density at radius 2 is 1.71 bits per heavy atom. The Labute approximate surface area is 256 Å². The zero-order valence-corrected chi connectivity index (χ0v) is 26.3. The van der Waals surface area contributed by atoms with Gasteiger partial charge in [-0.1, -0.05) is 28.1 Å². The average Bonchev–Trinajstić information content (AvgIpc) is 3.81. The third kappa shape index (κ3) is 7.02. The molecule has 0 spiro atoms. The second-order valence-electron chi connectivity index (χ2n) is 12.2. The molecule has 2 aliphatic heterocycles. The summed E-state index contributed by atoms with van der Waals surface area (Å²) in [7, 11) is 0. The highest BCUT2D eigenvalue weighted by molar-refractivity contribution is 9.10. The molecule has 10 heteroatoms. The summed E-state index contributed by atoms with van der Waals surface area (Å²) in [5.74, 6) is 0.602. The maximum absolute atomic E-state index is 13.9. The van der Waals surface area contributed by atoms with Crippen LogP contribution in [0, 0.1) is 12.8 Å². The Hall–Kier alpha value is -3.27. The molecule has 1 aliphatic carbocycles. The van der Waals surface area contributed by atoms with Crippen LogP contribution in [0.15, 0.2) is 46.9 Å². The van der Waals surface area contributed by atoms with Crippen LogP contribution >= 0.6 is 15.9 Å². The normalized spacial score (nSPS) is 19.4. The van der Waals surface area contributed by atoms with E-state index in [9.17, 15) is 19.5 Å². The van der Waals surface area contributed by atoms with Gasteiger partial charge >= 0.3 is 6.09 Å². The largest absolute Gasteiger partial charge is 0.478 e. The van der Waals surface area contributed by atoms with Crippen LogP contribution in [-0.4, -0.2) is 88.6 Å². The van der Waals surface area contributed by atoms with E-state index in [4.69, 9.17) is 4.74 Å². The van der Waals surface area contributed by atoms with E-state index in [1.165, 1.54) is 16.0 Å². The zero-order valence-electron chi connectivity index (χ0n) is 24.7. The van der Waals surface area contributed by atoms with Gasteiger partial charge in [-0.15, -0.1) is 0 Å². The molecular formula is C32H41BrN4O5. The van der Waals surface area contributed by atoms with E-state index in [0.29, 0.717) is 51.1 Å². The van der Waals surface area contributed by atoms with Gasteiger partial charge in [-0.05, 0) is 81.8 Å². The van der Waals surface area contributed by atoms with Gasteiger partial charge in [-0.25, -0.2) is 4.79 Å². The number of halogens is 1. The first-order chi connectivity index (χ1) is 20.0. The van der Waals surface area contributed by atoms with Gasteiger partial charge in [0.2, 0.25) is 5.91 Å². The molecule has 3 aliphatic rings. The van der Waals surface area contributed by atoms with E-state index < -0.39 is 11.7 Å². The number of carbonyl (C=O) groups is 3. The Balaban J connectivity index is 1.23. The van der Waals surface area contributed by atoms with Crippen LogP contribution in [0.2, 0.25) is 0 Å². The van der Waals surface area contributed by atoms with Crippen molar-refractivity contribution in [1.82, 2.24) is 14.7 Å². The summed E-state index contributed by atoms with van der Waals surface area (Å²) in [5, 5.41) is 9.20. The second kappa shape index (κ2) is 12.5. The van der Waals surface area contributed by atoms with Crippen LogP contribution < -0.4 is 9.64 Å². The fourth-order valence-corrected chi connectivity index (χ4v) is 6.48. The number of amides is 3. The Morgan fingerprint density at radius 1 is 1.00 bits per heavy atom. The van der Waals surface area contributed by atoms with E-state index in [1.807, 2.05) is 30.3 Å². The Morgan fingerprint density at radius 3 is 2.38 bits per heavy atom. The summed E-state index contributed by atoms with van der Waals surface area (Å²) in [6.07, 6.45) is 2.99. The van der Waals surface area contributed by atoms with E-state index in [-0.39, 0.29) is 17.7 Å². The summed E-state index contributed by atoms with van der Waals surface area (Å²) in [4.78, 5) is 45.7. The Kier molecular flexibility index (Phi) is 9.01. The van der Waals surface area contributed by atoms with Crippen molar-refractivity contribution in [1.29, 1.82) is 0 Å². The van der Waals surface area contributed by atoms with Gasteiger partial charge in [0.1, 0.15) is 5.75 Å². The number of aryl methyl sites for hydroxylation is 1. The molecule has 0 bridgehead atoms. The van der Waals surface area contributed by atoms with Gasteiger partial charge in [-0.2, -0.15) is 0 Å². The summed E-state index contributed by atoms with van der Waals surface area (Å²) < 4.78 is 7.28. The van der Waals surface area contributed by atoms with Gasteiger partial charge in [-0.3, -0.25) is 9.59 Å². The highest BCUT2D eigenvalue weighted by Crippen LogP contribution is 2.34. The number of hydrogen-bond acceptors (Lipinski definition) is 5. The van der Waals surface area contributed by atoms with Crippen LogP contribution in [0.3, 0.4) is 0 Å². The molecule has 1 N–H and O–H groups in total. The lowest BCUT2D eigenvalue weighted by atomic mass is 9.95. The number of benzene rings is 2. The molecule has 0 radical (unpaired) electrons. The summed E-state index contributed by atoms with van der Waals surface area (Å²) in [5.41, 5.74) is 2.25. The lowest BCUT2D eigenvalue weighted by Crippen LogP contribution is -2.56. The smallest absolute Gasteiger partial charge is 0.407 e. The summed E-state index contributed by atoms with van der Waals surface area (Å²) in [6.45, 7) is 9.05. The number of anilines is 1. The van der Waals surface area contributed by atoms with E-state index >= 15 is 0 Å². The van der Waals surface area contributed by atoms with Crippen LogP contribution in [0.4, 0.5) is 10.5 Å². The monoisotopic (exact) mass is 640 g/mol. The number of ether oxygens (including phenoxy) is 1. The minimum atomic E-state index is -1.11. The first-order valence-corrected chi connectivity index (χ1v) is 15.7. The molecule has 2 aromatic rings. The van der Waals surface area contributed by atoms with Gasteiger partial charge in [0, 0.05) is 68.1 Å². The Bertz CT molecular complexity index is 1320. The molecule has 226 valence electrons. The SMILES string of the molecule is Cc1cc(Br)ccc1CN(C(=O)C1CCCN(c2cccc(OC(C)(C)C(=O)N3CCN(C(=O)O)CC3)c2)C1)C1CC1. The minimum absolute atomic E-state index is 0.0674. The lowest BCUT2D eigenvalue weighted by Gasteiger charge is -2.38. The number of nitrogens with zero attached hydrogens (tertiary/aromatic N) is 4. The summed E-state index contributed by atoms with van der Waals surface area (Å²) >= 11 is 3.54. The molecule has 1 saturated carbocycles. The molecule has 3 amide bonds. The number of rotatable bonds is 8. The van der Waals surface area contributed by atoms with Gasteiger partial charge in [0.25, 0.3) is 5.91 Å². The number of carbonyl (C=O) groups excluding carboxylic acids is 2. The zero-order chi connectivity index (χ0) is 30.0. The maximum atomic E-state index is 13.9. The molecule has 2 aromatic carbocycles. The standard InChI is InChI=1S/C32H41BrN4O5/c1-22-18-25(33)10-9-23(22)21-37(26-11-12-26)29(38)24-6-5-13-36(20-24)27-7-4-8-28(19-27)42-32(2,3)30(39)34-14-16-35(17-15-34)31(40)41/h4,7-10,18-19,24,26H,5-6,11-17,20-21H2,1-3H3,(H,40,41). The van der Waals surface area contributed by atoms with Crippen molar-refractivity contribution < 1.29 is 24.2 Å². The third-order valence-electron chi connectivity index (χ3n) is 8.59. The molecule has 1 unspecified atom stereocenters. The highest BCUT2D eigenvalue weighted by Gasteiger charge is 2.38. The molecule has 2 heterocycles. The van der Waals surface area contributed by atoms with Gasteiger partial charge < -0.3 is 29.4 Å². The third-order valence-corrected chi connectivity index (χ3v) is 9.09. The van der Waals surface area contributed by atoms with Crippen LogP contribution in [0.1, 0.15) is 50.7 Å². The molecular weight excluding hydrogens is 600 g/mol. The van der Waals surface area contributed by atoms with Gasteiger partial charge in [0.15, 0.2) is 5.60 Å².